The maximum atomic E-state index is 11.7. The summed E-state index contributed by atoms with van der Waals surface area (Å²) in [5.74, 6) is 0.433. The summed E-state index contributed by atoms with van der Waals surface area (Å²) in [6.45, 7) is 4.16. The number of hydrogen-bond acceptors (Lipinski definition) is 3. The summed E-state index contributed by atoms with van der Waals surface area (Å²) in [5.41, 5.74) is 1.96. The summed E-state index contributed by atoms with van der Waals surface area (Å²) in [5, 5.41) is 10.5. The first-order chi connectivity index (χ1) is 7.15. The van der Waals surface area contributed by atoms with Crippen molar-refractivity contribution in [3.8, 4) is 0 Å². The molecule has 0 radical (unpaired) electrons. The van der Waals surface area contributed by atoms with Crippen LogP contribution in [0.1, 0.15) is 28.2 Å². The summed E-state index contributed by atoms with van der Waals surface area (Å²) >= 11 is 5.51. The van der Waals surface area contributed by atoms with Crippen molar-refractivity contribution < 1.29 is 4.79 Å². The van der Waals surface area contributed by atoms with Gasteiger partial charge in [0, 0.05) is 12.4 Å². The van der Waals surface area contributed by atoms with E-state index in [4.69, 9.17) is 11.6 Å². The molecule has 1 amide bonds. The molecule has 0 fully saturated rings. The van der Waals surface area contributed by atoms with Gasteiger partial charge in [0.2, 0.25) is 0 Å². The average molecular weight is 228 g/mol. The molecule has 0 aliphatic heterocycles. The van der Waals surface area contributed by atoms with E-state index in [1.54, 1.807) is 13.0 Å². The van der Waals surface area contributed by atoms with Crippen LogP contribution in [-0.2, 0) is 0 Å². The Morgan fingerprint density at radius 3 is 2.87 bits per heavy atom. The van der Waals surface area contributed by atoms with Crippen LogP contribution >= 0.6 is 11.6 Å². The third-order valence-electron chi connectivity index (χ3n) is 1.94. The number of aromatic nitrogens is 2. The number of rotatable bonds is 4. The number of nitrogens with one attached hydrogen (secondary N) is 1. The van der Waals surface area contributed by atoms with Crippen LogP contribution in [0.5, 0.6) is 0 Å². The molecule has 0 aliphatic rings. The molecule has 1 aromatic heterocycles. The molecule has 0 saturated carbocycles. The van der Waals surface area contributed by atoms with E-state index in [0.29, 0.717) is 23.7 Å². The van der Waals surface area contributed by atoms with Gasteiger partial charge in [-0.15, -0.1) is 11.6 Å². The highest BCUT2D eigenvalue weighted by molar-refractivity contribution is 6.17. The molecule has 15 heavy (non-hydrogen) atoms. The molecular weight excluding hydrogens is 214 g/mol. The predicted molar refractivity (Wildman–Crippen MR) is 59.2 cm³/mol. The SMILES string of the molecule is Cc1cc(C(=O)NCCCCl)c(C)nn1. The molecule has 4 nitrogen and oxygen atoms in total. The van der Waals surface area contributed by atoms with Crippen molar-refractivity contribution in [1.82, 2.24) is 15.5 Å². The Morgan fingerprint density at radius 2 is 2.20 bits per heavy atom. The zero-order chi connectivity index (χ0) is 11.3. The molecule has 0 saturated heterocycles. The lowest BCUT2D eigenvalue weighted by molar-refractivity contribution is 0.0952. The minimum Gasteiger partial charge on any atom is -0.352 e. The van der Waals surface area contributed by atoms with Crippen LogP contribution in [0.2, 0.25) is 0 Å². The number of aryl methyl sites for hydroxylation is 2. The molecule has 5 heteroatoms. The van der Waals surface area contributed by atoms with Crippen molar-refractivity contribution in [2.24, 2.45) is 0 Å². The smallest absolute Gasteiger partial charge is 0.253 e. The zero-order valence-electron chi connectivity index (χ0n) is 8.88. The fourth-order valence-electron chi connectivity index (χ4n) is 1.14. The first kappa shape index (κ1) is 11.9. The lowest BCUT2D eigenvalue weighted by Gasteiger charge is -2.06. The van der Waals surface area contributed by atoms with E-state index >= 15 is 0 Å². The van der Waals surface area contributed by atoms with Crippen LogP contribution < -0.4 is 5.32 Å². The predicted octanol–water partition coefficient (Wildman–Crippen LogP) is 1.45. The van der Waals surface area contributed by atoms with E-state index < -0.39 is 0 Å². The van der Waals surface area contributed by atoms with Crippen molar-refractivity contribution in [3.05, 3.63) is 23.0 Å². The number of alkyl halides is 1. The number of carbonyl (C=O) groups is 1. The van der Waals surface area contributed by atoms with E-state index in [1.807, 2.05) is 6.92 Å². The van der Waals surface area contributed by atoms with Gasteiger partial charge >= 0.3 is 0 Å². The summed E-state index contributed by atoms with van der Waals surface area (Å²) in [7, 11) is 0. The molecule has 1 heterocycles. The molecular formula is C10H14ClN3O. The van der Waals surface area contributed by atoms with Gasteiger partial charge in [-0.2, -0.15) is 10.2 Å². The molecule has 82 valence electrons. The Balaban J connectivity index is 2.68. The van der Waals surface area contributed by atoms with Crippen LogP contribution in [0.3, 0.4) is 0 Å². The maximum Gasteiger partial charge on any atom is 0.253 e. The molecule has 1 aromatic rings. The van der Waals surface area contributed by atoms with E-state index in [1.165, 1.54) is 0 Å². The molecule has 0 atom stereocenters. The molecule has 1 rings (SSSR count). The second-order valence-corrected chi connectivity index (χ2v) is 3.66. The monoisotopic (exact) mass is 227 g/mol. The van der Waals surface area contributed by atoms with E-state index in [9.17, 15) is 4.79 Å². The number of nitrogens with zero attached hydrogens (tertiary/aromatic N) is 2. The van der Waals surface area contributed by atoms with Crippen molar-refractivity contribution >= 4 is 17.5 Å². The molecule has 0 spiro atoms. The number of amides is 1. The second-order valence-electron chi connectivity index (χ2n) is 3.28. The average Bonchev–Trinajstić information content (AvgIpc) is 2.22. The largest absolute Gasteiger partial charge is 0.352 e. The Morgan fingerprint density at radius 1 is 1.47 bits per heavy atom. The van der Waals surface area contributed by atoms with Gasteiger partial charge in [-0.25, -0.2) is 0 Å². The number of carbonyl (C=O) groups excluding carboxylic acids is 1. The van der Waals surface area contributed by atoms with Gasteiger partial charge in [0.25, 0.3) is 5.91 Å². The standard InChI is InChI=1S/C10H14ClN3O/c1-7-6-9(8(2)14-13-7)10(15)12-5-3-4-11/h6H,3-5H2,1-2H3,(H,12,15). The van der Waals surface area contributed by atoms with Crippen LogP contribution in [0.4, 0.5) is 0 Å². The van der Waals surface area contributed by atoms with Crippen molar-refractivity contribution in [3.63, 3.8) is 0 Å². The quantitative estimate of drug-likeness (QED) is 0.626. The topological polar surface area (TPSA) is 54.9 Å². The van der Waals surface area contributed by atoms with Gasteiger partial charge in [-0.05, 0) is 26.3 Å². The summed E-state index contributed by atoms with van der Waals surface area (Å²) in [6, 6.07) is 1.73. The third-order valence-corrected chi connectivity index (χ3v) is 2.21. The minimum absolute atomic E-state index is 0.115. The molecule has 1 N–H and O–H groups in total. The van der Waals surface area contributed by atoms with Crippen molar-refractivity contribution in [2.75, 3.05) is 12.4 Å². The Kier molecular flexibility index (Phi) is 4.49. The summed E-state index contributed by atoms with van der Waals surface area (Å²) in [4.78, 5) is 11.7. The fourth-order valence-corrected chi connectivity index (χ4v) is 1.28. The molecule has 0 aromatic carbocycles. The normalized spacial score (nSPS) is 10.1. The van der Waals surface area contributed by atoms with Gasteiger partial charge in [0.1, 0.15) is 0 Å². The zero-order valence-corrected chi connectivity index (χ0v) is 9.64. The van der Waals surface area contributed by atoms with Crippen LogP contribution in [0.25, 0.3) is 0 Å². The van der Waals surface area contributed by atoms with Crippen LogP contribution in [0, 0.1) is 13.8 Å². The lowest BCUT2D eigenvalue weighted by atomic mass is 10.2. The van der Waals surface area contributed by atoms with Gasteiger partial charge in [0.15, 0.2) is 0 Å². The van der Waals surface area contributed by atoms with Gasteiger partial charge < -0.3 is 5.32 Å². The van der Waals surface area contributed by atoms with E-state index in [0.717, 1.165) is 12.1 Å². The Bertz CT molecular complexity index is 355. The van der Waals surface area contributed by atoms with E-state index in [2.05, 4.69) is 15.5 Å². The van der Waals surface area contributed by atoms with Crippen LogP contribution in [0.15, 0.2) is 6.07 Å². The van der Waals surface area contributed by atoms with Gasteiger partial charge in [-0.3, -0.25) is 4.79 Å². The van der Waals surface area contributed by atoms with Crippen molar-refractivity contribution in [1.29, 1.82) is 0 Å². The summed E-state index contributed by atoms with van der Waals surface area (Å²) < 4.78 is 0. The van der Waals surface area contributed by atoms with Gasteiger partial charge in [-0.1, -0.05) is 0 Å². The lowest BCUT2D eigenvalue weighted by Crippen LogP contribution is -2.26. The van der Waals surface area contributed by atoms with Crippen molar-refractivity contribution in [2.45, 2.75) is 20.3 Å². The van der Waals surface area contributed by atoms with Crippen LogP contribution in [-0.4, -0.2) is 28.5 Å². The Hall–Kier alpha value is -1.16. The highest BCUT2D eigenvalue weighted by Crippen LogP contribution is 2.04. The van der Waals surface area contributed by atoms with E-state index in [-0.39, 0.29) is 5.91 Å². The third kappa shape index (κ3) is 3.47. The maximum absolute atomic E-state index is 11.7. The number of hydrogen-bond donors (Lipinski definition) is 1. The van der Waals surface area contributed by atoms with Gasteiger partial charge in [0.05, 0.1) is 17.0 Å². The second kappa shape index (κ2) is 5.66. The highest BCUT2D eigenvalue weighted by atomic mass is 35.5. The first-order valence-electron chi connectivity index (χ1n) is 4.80. The first-order valence-corrected chi connectivity index (χ1v) is 5.33. The number of halogens is 1. The Labute approximate surface area is 94.0 Å². The molecule has 0 bridgehead atoms. The highest BCUT2D eigenvalue weighted by Gasteiger charge is 2.09. The molecule has 0 unspecified atom stereocenters. The fraction of sp³-hybridized carbons (Fsp3) is 0.500. The summed E-state index contributed by atoms with van der Waals surface area (Å²) in [6.07, 6.45) is 0.768. The minimum atomic E-state index is -0.115. The molecule has 0 aliphatic carbocycles.